The van der Waals surface area contributed by atoms with Crippen molar-refractivity contribution >= 4 is 29.2 Å². The molecular formula is C22H16N2O6. The summed E-state index contributed by atoms with van der Waals surface area (Å²) in [4.78, 5) is 36.0. The summed E-state index contributed by atoms with van der Waals surface area (Å²) in [5.41, 5.74) is 1.57. The van der Waals surface area contributed by atoms with E-state index in [1.54, 1.807) is 42.5 Å². The monoisotopic (exact) mass is 404 g/mol. The molecule has 0 atom stereocenters. The third-order valence-electron chi connectivity index (χ3n) is 4.38. The van der Waals surface area contributed by atoms with Gasteiger partial charge in [-0.1, -0.05) is 12.1 Å². The number of benzene rings is 3. The van der Waals surface area contributed by atoms with Crippen LogP contribution in [0.4, 0.5) is 11.4 Å². The number of ether oxygens (including phenoxy) is 2. The lowest BCUT2D eigenvalue weighted by Crippen LogP contribution is -2.14. The van der Waals surface area contributed by atoms with Gasteiger partial charge in [0.05, 0.1) is 5.56 Å². The quantitative estimate of drug-likeness (QED) is 0.599. The molecule has 0 radical (unpaired) electrons. The van der Waals surface area contributed by atoms with E-state index in [0.717, 1.165) is 0 Å². The Morgan fingerprint density at radius 1 is 0.700 bits per heavy atom. The third-order valence-corrected chi connectivity index (χ3v) is 4.38. The lowest BCUT2D eigenvalue weighted by Gasteiger charge is -2.10. The number of fused-ring (bicyclic) bond motifs is 1. The summed E-state index contributed by atoms with van der Waals surface area (Å²) in [5, 5.41) is 14.5. The molecular weight excluding hydrogens is 388 g/mol. The molecule has 0 saturated carbocycles. The van der Waals surface area contributed by atoms with Crippen molar-refractivity contribution in [2.75, 3.05) is 17.4 Å². The minimum absolute atomic E-state index is 0.0207. The number of amides is 2. The van der Waals surface area contributed by atoms with Gasteiger partial charge in [-0.25, -0.2) is 4.79 Å². The van der Waals surface area contributed by atoms with Crippen molar-refractivity contribution in [2.45, 2.75) is 0 Å². The van der Waals surface area contributed by atoms with Gasteiger partial charge in [0.1, 0.15) is 0 Å². The molecule has 0 bridgehead atoms. The Kier molecular flexibility index (Phi) is 5.04. The molecule has 1 aliphatic rings. The molecule has 1 heterocycles. The molecule has 30 heavy (non-hydrogen) atoms. The average Bonchev–Trinajstić information content (AvgIpc) is 3.22. The molecule has 0 saturated heterocycles. The van der Waals surface area contributed by atoms with Gasteiger partial charge in [-0.05, 0) is 54.6 Å². The fraction of sp³-hybridized carbons (Fsp3) is 0.0455. The maximum Gasteiger partial charge on any atom is 0.335 e. The summed E-state index contributed by atoms with van der Waals surface area (Å²) < 4.78 is 10.5. The van der Waals surface area contributed by atoms with E-state index in [-0.39, 0.29) is 23.8 Å². The summed E-state index contributed by atoms with van der Waals surface area (Å²) in [5.74, 6) is -0.823. The molecule has 4 rings (SSSR count). The summed E-state index contributed by atoms with van der Waals surface area (Å²) >= 11 is 0. The number of aromatic carboxylic acids is 1. The number of anilines is 2. The van der Waals surface area contributed by atoms with Crippen LogP contribution in [0.25, 0.3) is 0 Å². The SMILES string of the molecule is O=C(O)c1cccc(C(=O)Nc2cccc(NC(=O)c3ccc4c(c3)OCO4)c2)c1. The highest BCUT2D eigenvalue weighted by molar-refractivity contribution is 6.07. The normalized spacial score (nSPS) is 11.6. The highest BCUT2D eigenvalue weighted by atomic mass is 16.7. The first-order valence-corrected chi connectivity index (χ1v) is 8.95. The lowest BCUT2D eigenvalue weighted by atomic mass is 10.1. The molecule has 3 N–H and O–H groups in total. The molecule has 0 aliphatic carbocycles. The van der Waals surface area contributed by atoms with E-state index in [0.29, 0.717) is 28.4 Å². The van der Waals surface area contributed by atoms with Gasteiger partial charge < -0.3 is 25.2 Å². The topological polar surface area (TPSA) is 114 Å². The van der Waals surface area contributed by atoms with E-state index < -0.39 is 11.9 Å². The van der Waals surface area contributed by atoms with Crippen LogP contribution in [0.2, 0.25) is 0 Å². The van der Waals surface area contributed by atoms with E-state index >= 15 is 0 Å². The van der Waals surface area contributed by atoms with Crippen molar-refractivity contribution in [3.63, 3.8) is 0 Å². The molecule has 0 aromatic heterocycles. The van der Waals surface area contributed by atoms with Gasteiger partial charge in [0.2, 0.25) is 6.79 Å². The van der Waals surface area contributed by atoms with Gasteiger partial charge in [0.25, 0.3) is 11.8 Å². The highest BCUT2D eigenvalue weighted by Crippen LogP contribution is 2.32. The van der Waals surface area contributed by atoms with Crippen LogP contribution in [-0.2, 0) is 0 Å². The first kappa shape index (κ1) is 19.0. The van der Waals surface area contributed by atoms with Gasteiger partial charge in [-0.15, -0.1) is 0 Å². The number of hydrogen-bond acceptors (Lipinski definition) is 5. The van der Waals surface area contributed by atoms with E-state index in [1.807, 2.05) is 0 Å². The fourth-order valence-corrected chi connectivity index (χ4v) is 2.91. The van der Waals surface area contributed by atoms with E-state index in [1.165, 1.54) is 24.3 Å². The number of carboxylic acid groups (broad SMARTS) is 1. The molecule has 8 heteroatoms. The third kappa shape index (κ3) is 4.07. The largest absolute Gasteiger partial charge is 0.478 e. The van der Waals surface area contributed by atoms with Crippen molar-refractivity contribution in [1.82, 2.24) is 0 Å². The Bertz CT molecular complexity index is 1160. The number of rotatable bonds is 5. The number of carboxylic acids is 1. The summed E-state index contributed by atoms with van der Waals surface area (Å²) in [6, 6.07) is 17.2. The number of hydrogen-bond donors (Lipinski definition) is 3. The smallest absolute Gasteiger partial charge is 0.335 e. The summed E-state index contributed by atoms with van der Waals surface area (Å²) in [6.45, 7) is 0.123. The first-order valence-electron chi connectivity index (χ1n) is 8.95. The van der Waals surface area contributed by atoms with Crippen LogP contribution >= 0.6 is 0 Å². The molecule has 0 fully saturated rings. The Labute approximate surface area is 171 Å². The fourth-order valence-electron chi connectivity index (χ4n) is 2.91. The minimum atomic E-state index is -1.11. The first-order chi connectivity index (χ1) is 14.5. The van der Waals surface area contributed by atoms with Crippen LogP contribution in [0.5, 0.6) is 11.5 Å². The van der Waals surface area contributed by atoms with Gasteiger partial charge in [-0.2, -0.15) is 0 Å². The van der Waals surface area contributed by atoms with Crippen molar-refractivity contribution in [3.8, 4) is 11.5 Å². The van der Waals surface area contributed by atoms with Crippen LogP contribution in [0.1, 0.15) is 31.1 Å². The molecule has 0 spiro atoms. The zero-order valence-corrected chi connectivity index (χ0v) is 15.5. The standard InChI is InChI=1S/C22H16N2O6/c25-20(13-3-1-4-15(9-13)22(27)28)23-16-5-2-6-17(11-16)24-21(26)14-7-8-18-19(10-14)30-12-29-18/h1-11H,12H2,(H,23,25)(H,24,26)(H,27,28). The highest BCUT2D eigenvalue weighted by Gasteiger charge is 2.16. The van der Waals surface area contributed by atoms with E-state index in [9.17, 15) is 14.4 Å². The predicted octanol–water partition coefficient (Wildman–Crippen LogP) is 3.62. The van der Waals surface area contributed by atoms with Crippen molar-refractivity contribution < 1.29 is 29.0 Å². The zero-order valence-electron chi connectivity index (χ0n) is 15.5. The van der Waals surface area contributed by atoms with Crippen LogP contribution in [0, 0.1) is 0 Å². The molecule has 150 valence electrons. The minimum Gasteiger partial charge on any atom is -0.478 e. The molecule has 0 unspecified atom stereocenters. The molecule has 8 nitrogen and oxygen atoms in total. The van der Waals surface area contributed by atoms with Gasteiger partial charge >= 0.3 is 5.97 Å². The predicted molar refractivity (Wildman–Crippen MR) is 108 cm³/mol. The molecule has 2 amide bonds. The van der Waals surface area contributed by atoms with E-state index in [2.05, 4.69) is 10.6 Å². The molecule has 3 aromatic carbocycles. The van der Waals surface area contributed by atoms with E-state index in [4.69, 9.17) is 14.6 Å². The second-order valence-corrected chi connectivity index (χ2v) is 6.44. The average molecular weight is 404 g/mol. The summed E-state index contributed by atoms with van der Waals surface area (Å²) in [7, 11) is 0. The van der Waals surface area contributed by atoms with Crippen LogP contribution in [-0.4, -0.2) is 29.7 Å². The molecule has 3 aromatic rings. The Balaban J connectivity index is 1.46. The van der Waals surface area contributed by atoms with Gasteiger partial charge in [0, 0.05) is 22.5 Å². The second kappa shape index (κ2) is 7.96. The summed E-state index contributed by atoms with van der Waals surface area (Å²) in [6.07, 6.45) is 0. The molecule has 1 aliphatic heterocycles. The number of carbonyl (C=O) groups excluding carboxylic acids is 2. The Morgan fingerprint density at radius 3 is 2.00 bits per heavy atom. The number of carbonyl (C=O) groups is 3. The number of nitrogens with one attached hydrogen (secondary N) is 2. The van der Waals surface area contributed by atoms with Crippen LogP contribution in [0.3, 0.4) is 0 Å². The lowest BCUT2D eigenvalue weighted by molar-refractivity contribution is 0.0696. The maximum absolute atomic E-state index is 12.5. The second-order valence-electron chi connectivity index (χ2n) is 6.44. The Morgan fingerprint density at radius 2 is 1.30 bits per heavy atom. The van der Waals surface area contributed by atoms with Gasteiger partial charge in [-0.3, -0.25) is 9.59 Å². The zero-order chi connectivity index (χ0) is 21.1. The maximum atomic E-state index is 12.5. The van der Waals surface area contributed by atoms with Crippen molar-refractivity contribution in [3.05, 3.63) is 83.4 Å². The van der Waals surface area contributed by atoms with Gasteiger partial charge in [0.15, 0.2) is 11.5 Å². The van der Waals surface area contributed by atoms with Crippen LogP contribution in [0.15, 0.2) is 66.7 Å². The van der Waals surface area contributed by atoms with Crippen molar-refractivity contribution in [2.24, 2.45) is 0 Å². The van der Waals surface area contributed by atoms with Crippen LogP contribution < -0.4 is 20.1 Å². The Hall–Kier alpha value is -4.33. The van der Waals surface area contributed by atoms with Crippen molar-refractivity contribution in [1.29, 1.82) is 0 Å².